The van der Waals surface area contributed by atoms with Gasteiger partial charge in [0, 0.05) is 15.6 Å². The average molecular weight is 542 g/mol. The van der Waals surface area contributed by atoms with Gasteiger partial charge in [0.15, 0.2) is 5.78 Å². The lowest BCUT2D eigenvalue weighted by molar-refractivity contribution is -0.154. The van der Waals surface area contributed by atoms with Crippen molar-refractivity contribution in [2.45, 2.75) is 26.2 Å². The molecule has 1 aliphatic carbocycles. The third-order valence-electron chi connectivity index (χ3n) is 6.33. The van der Waals surface area contributed by atoms with Crippen molar-refractivity contribution in [2.75, 3.05) is 6.54 Å². The molecule has 2 aromatic carbocycles. The maximum absolute atomic E-state index is 13.6. The number of fused-ring (bicyclic) bond motifs is 1. The van der Waals surface area contributed by atoms with E-state index in [9.17, 15) is 19.2 Å². The Morgan fingerprint density at radius 2 is 1.44 bits per heavy atom. The van der Waals surface area contributed by atoms with E-state index < -0.39 is 41.9 Å². The molecule has 0 N–H and O–H groups in total. The molecule has 3 atom stereocenters. The van der Waals surface area contributed by atoms with Crippen LogP contribution >= 0.6 is 46.4 Å². The van der Waals surface area contributed by atoms with Crippen LogP contribution in [0.25, 0.3) is 0 Å². The van der Waals surface area contributed by atoms with Gasteiger partial charge in [-0.3, -0.25) is 19.2 Å². The Labute approximate surface area is 216 Å². The van der Waals surface area contributed by atoms with Crippen molar-refractivity contribution in [3.63, 3.8) is 0 Å². The van der Waals surface area contributed by atoms with E-state index in [0.29, 0.717) is 22.9 Å². The molecule has 1 aliphatic heterocycles. The normalized spacial score (nSPS) is 22.0. The number of ketones is 1. The van der Waals surface area contributed by atoms with Crippen molar-refractivity contribution in [1.29, 1.82) is 0 Å². The SMILES string of the molecule is C[C@@H]1CC[C@@H]2C(=O)N(N(CC(=O)c3ccc(Cl)cc3Cl)C(=O)c3ccc(Cl)cc3Cl)C(=O)[C@H]2C1. The smallest absolute Gasteiger partial charge is 0.274 e. The highest BCUT2D eigenvalue weighted by Gasteiger charge is 2.53. The number of rotatable bonds is 5. The van der Waals surface area contributed by atoms with E-state index in [4.69, 9.17) is 46.4 Å². The molecule has 0 unspecified atom stereocenters. The van der Waals surface area contributed by atoms with Gasteiger partial charge in [0.2, 0.25) is 0 Å². The summed E-state index contributed by atoms with van der Waals surface area (Å²) in [6, 6.07) is 8.55. The topological polar surface area (TPSA) is 74.8 Å². The molecule has 178 valence electrons. The molecule has 3 amide bonds. The first-order valence-electron chi connectivity index (χ1n) is 10.7. The van der Waals surface area contributed by atoms with E-state index in [1.807, 2.05) is 6.92 Å². The number of hydrogen-bond donors (Lipinski definition) is 0. The first kappa shape index (κ1) is 25.0. The van der Waals surface area contributed by atoms with Crippen LogP contribution in [-0.2, 0) is 9.59 Å². The van der Waals surface area contributed by atoms with Gasteiger partial charge in [-0.05, 0) is 61.6 Å². The number of hydrazine groups is 1. The monoisotopic (exact) mass is 540 g/mol. The Morgan fingerprint density at radius 3 is 2.03 bits per heavy atom. The summed E-state index contributed by atoms with van der Waals surface area (Å²) < 4.78 is 0. The van der Waals surface area contributed by atoms with Gasteiger partial charge < -0.3 is 0 Å². The maximum Gasteiger partial charge on any atom is 0.274 e. The lowest BCUT2D eigenvalue weighted by atomic mass is 9.76. The van der Waals surface area contributed by atoms with Crippen LogP contribution in [-0.4, -0.2) is 40.1 Å². The quantitative estimate of drug-likeness (QED) is 0.345. The molecule has 1 saturated heterocycles. The first-order valence-corrected chi connectivity index (χ1v) is 12.2. The fourth-order valence-electron chi connectivity index (χ4n) is 4.58. The Balaban J connectivity index is 1.73. The molecule has 1 heterocycles. The Morgan fingerprint density at radius 1 is 0.882 bits per heavy atom. The van der Waals surface area contributed by atoms with Crippen molar-refractivity contribution in [2.24, 2.45) is 17.8 Å². The minimum Gasteiger partial charge on any atom is -0.292 e. The second-order valence-electron chi connectivity index (χ2n) is 8.65. The van der Waals surface area contributed by atoms with Crippen LogP contribution in [0.5, 0.6) is 0 Å². The zero-order valence-corrected chi connectivity index (χ0v) is 21.1. The highest BCUT2D eigenvalue weighted by molar-refractivity contribution is 6.37. The summed E-state index contributed by atoms with van der Waals surface area (Å²) >= 11 is 24.3. The molecule has 4 rings (SSSR count). The second-order valence-corrected chi connectivity index (χ2v) is 10.3. The number of imide groups is 1. The Bertz CT molecular complexity index is 1200. The number of carbonyl (C=O) groups is 4. The molecule has 1 saturated carbocycles. The zero-order valence-electron chi connectivity index (χ0n) is 18.1. The fraction of sp³-hybridized carbons (Fsp3) is 0.333. The van der Waals surface area contributed by atoms with Crippen LogP contribution in [0, 0.1) is 17.8 Å². The zero-order chi connectivity index (χ0) is 24.7. The van der Waals surface area contributed by atoms with Gasteiger partial charge in [-0.1, -0.05) is 53.3 Å². The number of hydrogen-bond acceptors (Lipinski definition) is 4. The molecule has 6 nitrogen and oxygen atoms in total. The van der Waals surface area contributed by atoms with E-state index in [1.54, 1.807) is 0 Å². The number of benzene rings is 2. The highest BCUT2D eigenvalue weighted by atomic mass is 35.5. The van der Waals surface area contributed by atoms with Crippen LogP contribution in [0.3, 0.4) is 0 Å². The maximum atomic E-state index is 13.6. The van der Waals surface area contributed by atoms with E-state index in [0.717, 1.165) is 16.4 Å². The van der Waals surface area contributed by atoms with Crippen LogP contribution in [0.15, 0.2) is 36.4 Å². The third-order valence-corrected chi connectivity index (χ3v) is 7.42. The standard InChI is InChI=1S/C24H20Cl4N2O4/c1-12-2-5-15-18(8-12)24(34)30(23(15)33)29(22(32)17-7-4-14(26)10-20(17)28)11-21(31)16-6-3-13(25)9-19(16)27/h3-4,6-7,9-10,12,15,18H,2,5,8,11H2,1H3/t12-,15+,18+/m1/s1. The van der Waals surface area contributed by atoms with Crippen LogP contribution < -0.4 is 0 Å². The van der Waals surface area contributed by atoms with Gasteiger partial charge >= 0.3 is 0 Å². The summed E-state index contributed by atoms with van der Waals surface area (Å²) in [5.41, 5.74) is 0.112. The molecule has 10 heteroatoms. The molecule has 34 heavy (non-hydrogen) atoms. The summed E-state index contributed by atoms with van der Waals surface area (Å²) in [6.45, 7) is 1.44. The molecular weight excluding hydrogens is 522 g/mol. The van der Waals surface area contributed by atoms with Gasteiger partial charge in [0.05, 0.1) is 27.4 Å². The number of Topliss-reactive ketones (excluding diaryl/α,β-unsaturated/α-hetero) is 1. The van der Waals surface area contributed by atoms with Crippen molar-refractivity contribution >= 4 is 69.9 Å². The average Bonchev–Trinajstić information content (AvgIpc) is 3.01. The molecule has 0 spiro atoms. The minimum atomic E-state index is -0.770. The van der Waals surface area contributed by atoms with Gasteiger partial charge in [0.25, 0.3) is 17.7 Å². The summed E-state index contributed by atoms with van der Waals surface area (Å²) in [4.78, 5) is 53.4. The van der Waals surface area contributed by atoms with Crippen molar-refractivity contribution in [3.05, 3.63) is 67.6 Å². The Kier molecular flexibility index (Phi) is 7.25. The molecule has 0 bridgehead atoms. The van der Waals surface area contributed by atoms with Crippen molar-refractivity contribution in [3.8, 4) is 0 Å². The van der Waals surface area contributed by atoms with Crippen molar-refractivity contribution < 1.29 is 19.2 Å². The second kappa shape index (κ2) is 9.86. The number of amides is 3. The molecule has 2 aromatic rings. The van der Waals surface area contributed by atoms with E-state index in [-0.39, 0.29) is 27.1 Å². The summed E-state index contributed by atoms with van der Waals surface area (Å²) in [6.07, 6.45) is 1.91. The van der Waals surface area contributed by atoms with Gasteiger partial charge in [0.1, 0.15) is 6.54 Å². The highest BCUT2D eigenvalue weighted by Crippen LogP contribution is 2.41. The molecule has 0 radical (unpaired) electrons. The lowest BCUT2D eigenvalue weighted by Crippen LogP contribution is -2.52. The third kappa shape index (κ3) is 4.69. The number of halogens is 4. The summed E-state index contributed by atoms with van der Waals surface area (Å²) in [7, 11) is 0. The molecule has 2 aliphatic rings. The minimum absolute atomic E-state index is 0.00455. The lowest BCUT2D eigenvalue weighted by Gasteiger charge is -2.30. The summed E-state index contributed by atoms with van der Waals surface area (Å²) in [5, 5.41) is 2.47. The van der Waals surface area contributed by atoms with E-state index in [2.05, 4.69) is 0 Å². The van der Waals surface area contributed by atoms with Crippen LogP contribution in [0.1, 0.15) is 46.9 Å². The van der Waals surface area contributed by atoms with E-state index in [1.165, 1.54) is 36.4 Å². The molecule has 0 aromatic heterocycles. The van der Waals surface area contributed by atoms with E-state index >= 15 is 0 Å². The largest absolute Gasteiger partial charge is 0.292 e. The van der Waals surface area contributed by atoms with Crippen molar-refractivity contribution in [1.82, 2.24) is 10.0 Å². The summed E-state index contributed by atoms with van der Waals surface area (Å²) in [5.74, 6) is -3.08. The number of nitrogens with zero attached hydrogens (tertiary/aromatic N) is 2. The number of carbonyl (C=O) groups excluding carboxylic acids is 4. The van der Waals surface area contributed by atoms with Gasteiger partial charge in [-0.15, -0.1) is 0 Å². The molecular formula is C24H20Cl4N2O4. The fourth-order valence-corrected chi connectivity index (χ4v) is 5.59. The first-order chi connectivity index (χ1) is 16.1. The van der Waals surface area contributed by atoms with Crippen LogP contribution in [0.2, 0.25) is 20.1 Å². The molecule has 2 fully saturated rings. The van der Waals surface area contributed by atoms with Gasteiger partial charge in [-0.25, -0.2) is 5.01 Å². The Hall–Kier alpha value is -2.12. The van der Waals surface area contributed by atoms with Crippen LogP contribution in [0.4, 0.5) is 0 Å². The van der Waals surface area contributed by atoms with Gasteiger partial charge in [-0.2, -0.15) is 5.01 Å². The predicted octanol–water partition coefficient (Wildman–Crippen LogP) is 5.96. The predicted molar refractivity (Wildman–Crippen MR) is 130 cm³/mol.